The molecule has 1 atom stereocenters. The maximum Gasteiger partial charge on any atom is 0.242 e. The molecule has 1 heterocycles. The lowest BCUT2D eigenvalue weighted by molar-refractivity contribution is -0.186. The van der Waals surface area contributed by atoms with Crippen LogP contribution in [0.4, 0.5) is 0 Å². The number of rotatable bonds is 4. The normalized spacial score (nSPS) is 24.7. The largest absolute Gasteiger partial charge is 0.347 e. The summed E-state index contributed by atoms with van der Waals surface area (Å²) in [5.74, 6) is -0.487. The van der Waals surface area contributed by atoms with Crippen LogP contribution in [-0.4, -0.2) is 33.5 Å². The van der Waals surface area contributed by atoms with Crippen molar-refractivity contribution in [3.05, 3.63) is 29.3 Å². The van der Waals surface area contributed by atoms with Gasteiger partial charge in [-0.2, -0.15) is 0 Å². The first-order chi connectivity index (χ1) is 10.5. The summed E-state index contributed by atoms with van der Waals surface area (Å²) in [6, 6.07) is 6.39. The Labute approximate surface area is 136 Å². The fourth-order valence-corrected chi connectivity index (χ4v) is 4.60. The number of ether oxygens (including phenoxy) is 2. The lowest BCUT2D eigenvalue weighted by atomic mass is 9.94. The van der Waals surface area contributed by atoms with E-state index in [9.17, 15) is 8.42 Å². The molecule has 0 unspecified atom stereocenters. The Morgan fingerprint density at radius 3 is 2.68 bits per heavy atom. The summed E-state index contributed by atoms with van der Waals surface area (Å²) in [7, 11) is -3.64. The number of sulfonamides is 1. The molecule has 1 saturated heterocycles. The topological polar surface area (TPSA) is 64.6 Å². The van der Waals surface area contributed by atoms with Gasteiger partial charge in [0.15, 0.2) is 5.79 Å². The molecule has 2 aliphatic rings. The van der Waals surface area contributed by atoms with E-state index in [-0.39, 0.29) is 22.6 Å². The predicted molar refractivity (Wildman–Crippen MR) is 83.3 cm³/mol. The van der Waals surface area contributed by atoms with E-state index in [4.69, 9.17) is 21.1 Å². The van der Waals surface area contributed by atoms with Crippen molar-refractivity contribution in [2.24, 2.45) is 0 Å². The molecule has 1 aromatic carbocycles. The zero-order valence-corrected chi connectivity index (χ0v) is 13.8. The predicted octanol–water partition coefficient (Wildman–Crippen LogP) is 2.69. The molecular formula is C15H20ClNO4S. The van der Waals surface area contributed by atoms with Crippen LogP contribution in [0.1, 0.15) is 32.1 Å². The van der Waals surface area contributed by atoms with Crippen molar-refractivity contribution in [1.29, 1.82) is 0 Å². The molecule has 1 aromatic rings. The molecule has 0 amide bonds. The van der Waals surface area contributed by atoms with Crippen LogP contribution < -0.4 is 4.72 Å². The lowest BCUT2D eigenvalue weighted by Gasteiger charge is -2.31. The highest BCUT2D eigenvalue weighted by Gasteiger charge is 2.42. The fourth-order valence-electron chi connectivity index (χ4n) is 3.01. The molecule has 7 heteroatoms. The van der Waals surface area contributed by atoms with Crippen LogP contribution in [-0.2, 0) is 19.5 Å². The Morgan fingerprint density at radius 1 is 1.23 bits per heavy atom. The first-order valence-electron chi connectivity index (χ1n) is 7.57. The van der Waals surface area contributed by atoms with Crippen molar-refractivity contribution in [3.8, 4) is 0 Å². The van der Waals surface area contributed by atoms with Crippen LogP contribution in [0.5, 0.6) is 0 Å². The third kappa shape index (κ3) is 3.46. The molecule has 5 nitrogen and oxygen atoms in total. The molecule has 1 saturated carbocycles. The molecule has 122 valence electrons. The zero-order valence-electron chi connectivity index (χ0n) is 12.3. The first kappa shape index (κ1) is 16.2. The standard InChI is InChI=1S/C15H20ClNO4S/c16-13-6-2-3-7-14(13)22(18,19)17-10-12-11-20-15(21-12)8-4-1-5-9-15/h2-3,6-7,12,17H,1,4-5,8-11H2/t12-/m1/s1. The average molecular weight is 346 g/mol. The molecule has 0 aromatic heterocycles. The molecule has 0 bridgehead atoms. The van der Waals surface area contributed by atoms with Gasteiger partial charge in [-0.25, -0.2) is 13.1 Å². The van der Waals surface area contributed by atoms with Crippen LogP contribution >= 0.6 is 11.6 Å². The number of halogens is 1. The second-order valence-corrected chi connectivity index (χ2v) is 7.95. The smallest absolute Gasteiger partial charge is 0.242 e. The molecule has 3 rings (SSSR count). The van der Waals surface area contributed by atoms with Crippen molar-refractivity contribution in [2.45, 2.75) is 48.9 Å². The van der Waals surface area contributed by atoms with Gasteiger partial charge in [-0.3, -0.25) is 0 Å². The summed E-state index contributed by atoms with van der Waals surface area (Å²) in [4.78, 5) is 0.0861. The van der Waals surface area contributed by atoms with Gasteiger partial charge < -0.3 is 9.47 Å². The van der Waals surface area contributed by atoms with Crippen molar-refractivity contribution in [1.82, 2.24) is 4.72 Å². The second kappa shape index (κ2) is 6.45. The Hall–Kier alpha value is -0.660. The van der Waals surface area contributed by atoms with Gasteiger partial charge in [-0.1, -0.05) is 30.2 Å². The van der Waals surface area contributed by atoms with Gasteiger partial charge in [0.05, 0.1) is 17.7 Å². The number of hydrogen-bond donors (Lipinski definition) is 1. The lowest BCUT2D eigenvalue weighted by Crippen LogP contribution is -2.37. The number of benzene rings is 1. The van der Waals surface area contributed by atoms with E-state index in [2.05, 4.69) is 4.72 Å². The third-order valence-corrected chi connectivity index (χ3v) is 6.08. The average Bonchev–Trinajstić information content (AvgIpc) is 2.89. The maximum atomic E-state index is 12.3. The summed E-state index contributed by atoms with van der Waals surface area (Å²) in [6.45, 7) is 0.611. The van der Waals surface area contributed by atoms with Crippen LogP contribution in [0.15, 0.2) is 29.2 Å². The van der Waals surface area contributed by atoms with Gasteiger partial charge in [0, 0.05) is 19.4 Å². The Kier molecular flexibility index (Phi) is 4.75. The fraction of sp³-hybridized carbons (Fsp3) is 0.600. The Bertz CT molecular complexity index is 628. The van der Waals surface area contributed by atoms with Crippen LogP contribution in [0.25, 0.3) is 0 Å². The van der Waals surface area contributed by atoms with Crippen molar-refractivity contribution in [3.63, 3.8) is 0 Å². The summed E-state index contributed by atoms with van der Waals surface area (Å²) < 4.78 is 38.9. The van der Waals surface area contributed by atoms with E-state index in [0.29, 0.717) is 6.61 Å². The van der Waals surface area contributed by atoms with E-state index in [1.54, 1.807) is 18.2 Å². The number of nitrogens with one attached hydrogen (secondary N) is 1. The minimum absolute atomic E-state index is 0.0861. The highest BCUT2D eigenvalue weighted by molar-refractivity contribution is 7.89. The van der Waals surface area contributed by atoms with Gasteiger partial charge in [-0.15, -0.1) is 0 Å². The van der Waals surface area contributed by atoms with Crippen molar-refractivity contribution in [2.75, 3.05) is 13.2 Å². The summed E-state index contributed by atoms with van der Waals surface area (Å²) >= 11 is 5.95. The maximum absolute atomic E-state index is 12.3. The molecular weight excluding hydrogens is 326 g/mol. The van der Waals surface area contributed by atoms with Gasteiger partial charge in [0.1, 0.15) is 4.90 Å². The molecule has 0 radical (unpaired) electrons. The molecule has 1 spiro atoms. The van der Waals surface area contributed by atoms with Crippen molar-refractivity contribution >= 4 is 21.6 Å². The Morgan fingerprint density at radius 2 is 1.95 bits per heavy atom. The molecule has 2 fully saturated rings. The Balaban J connectivity index is 1.60. The van der Waals surface area contributed by atoms with E-state index in [1.165, 1.54) is 12.5 Å². The van der Waals surface area contributed by atoms with Gasteiger partial charge in [-0.05, 0) is 25.0 Å². The van der Waals surface area contributed by atoms with Crippen molar-refractivity contribution < 1.29 is 17.9 Å². The molecule has 22 heavy (non-hydrogen) atoms. The number of hydrogen-bond acceptors (Lipinski definition) is 4. The van der Waals surface area contributed by atoms with Gasteiger partial charge >= 0.3 is 0 Å². The zero-order chi connectivity index (χ0) is 15.6. The van der Waals surface area contributed by atoms with Crippen LogP contribution in [0.2, 0.25) is 5.02 Å². The molecule has 1 N–H and O–H groups in total. The quantitative estimate of drug-likeness (QED) is 0.911. The molecule has 1 aliphatic heterocycles. The van der Waals surface area contributed by atoms with E-state index < -0.39 is 15.8 Å². The highest BCUT2D eigenvalue weighted by Crippen LogP contribution is 2.37. The minimum atomic E-state index is -3.64. The molecule has 1 aliphatic carbocycles. The van der Waals surface area contributed by atoms with Gasteiger partial charge in [0.25, 0.3) is 0 Å². The van der Waals surface area contributed by atoms with Crippen LogP contribution in [0.3, 0.4) is 0 Å². The van der Waals surface area contributed by atoms with E-state index >= 15 is 0 Å². The van der Waals surface area contributed by atoms with E-state index in [0.717, 1.165) is 25.7 Å². The first-order valence-corrected chi connectivity index (χ1v) is 9.43. The summed E-state index contributed by atoms with van der Waals surface area (Å²) in [6.07, 6.45) is 4.92. The SMILES string of the molecule is O=S(=O)(NC[C@@H]1COC2(CCCCC2)O1)c1ccccc1Cl. The summed E-state index contributed by atoms with van der Waals surface area (Å²) in [5, 5.41) is 0.211. The minimum Gasteiger partial charge on any atom is -0.347 e. The van der Waals surface area contributed by atoms with E-state index in [1.807, 2.05) is 0 Å². The third-order valence-electron chi connectivity index (χ3n) is 4.16. The van der Waals surface area contributed by atoms with Crippen LogP contribution in [0, 0.1) is 0 Å². The second-order valence-electron chi connectivity index (χ2n) is 5.80. The van der Waals surface area contributed by atoms with Gasteiger partial charge in [0.2, 0.25) is 10.0 Å². The monoisotopic (exact) mass is 345 g/mol. The summed E-state index contributed by atoms with van der Waals surface area (Å²) in [5.41, 5.74) is 0. The highest BCUT2D eigenvalue weighted by atomic mass is 35.5.